The predicted octanol–water partition coefficient (Wildman–Crippen LogP) is 0.880. The van der Waals surface area contributed by atoms with E-state index in [-0.39, 0.29) is 0 Å². The highest BCUT2D eigenvalue weighted by molar-refractivity contribution is 7.89. The lowest BCUT2D eigenvalue weighted by atomic mass is 10.2. The van der Waals surface area contributed by atoms with Gasteiger partial charge in [-0.1, -0.05) is 0 Å². The van der Waals surface area contributed by atoms with Crippen molar-refractivity contribution in [1.82, 2.24) is 14.9 Å². The molecule has 1 aliphatic rings. The summed E-state index contributed by atoms with van der Waals surface area (Å²) < 4.78 is 25.9. The van der Waals surface area contributed by atoms with Gasteiger partial charge in [-0.05, 0) is 43.3 Å². The summed E-state index contributed by atoms with van der Waals surface area (Å²) in [5.41, 5.74) is 3.21. The van der Waals surface area contributed by atoms with Gasteiger partial charge in [0.05, 0.1) is 17.1 Å². The van der Waals surface area contributed by atoms with Crippen LogP contribution in [-0.2, 0) is 23.0 Å². The van der Waals surface area contributed by atoms with E-state index in [4.69, 9.17) is 0 Å². The summed E-state index contributed by atoms with van der Waals surface area (Å²) in [5.74, 6) is 0. The molecule has 20 heavy (non-hydrogen) atoms. The third-order valence-corrected chi connectivity index (χ3v) is 4.95. The molecule has 0 fully saturated rings. The molecule has 0 bridgehead atoms. The number of hydrogen-bond acceptors (Lipinski definition) is 4. The SMILES string of the molecule is CNS(=O)(=O)c1ccc2c(c1)CCN2Cc1ccn[nH]1. The van der Waals surface area contributed by atoms with Gasteiger partial charge in [-0.3, -0.25) is 5.10 Å². The Labute approximate surface area is 117 Å². The monoisotopic (exact) mass is 292 g/mol. The van der Waals surface area contributed by atoms with Crippen molar-refractivity contribution in [1.29, 1.82) is 0 Å². The smallest absolute Gasteiger partial charge is 0.240 e. The molecular weight excluding hydrogens is 276 g/mol. The van der Waals surface area contributed by atoms with E-state index >= 15 is 0 Å². The zero-order chi connectivity index (χ0) is 14.2. The van der Waals surface area contributed by atoms with Crippen molar-refractivity contribution in [3.8, 4) is 0 Å². The van der Waals surface area contributed by atoms with Crippen molar-refractivity contribution in [3.63, 3.8) is 0 Å². The molecular formula is C13H16N4O2S. The van der Waals surface area contributed by atoms with Crippen LogP contribution in [0, 0.1) is 0 Å². The van der Waals surface area contributed by atoms with E-state index in [0.717, 1.165) is 36.5 Å². The molecule has 1 aromatic carbocycles. The van der Waals surface area contributed by atoms with Crippen molar-refractivity contribution < 1.29 is 8.42 Å². The van der Waals surface area contributed by atoms with Gasteiger partial charge in [-0.15, -0.1) is 0 Å². The second-order valence-corrected chi connectivity index (χ2v) is 6.64. The first-order chi connectivity index (χ1) is 9.60. The van der Waals surface area contributed by atoms with E-state index in [1.807, 2.05) is 12.1 Å². The quantitative estimate of drug-likeness (QED) is 0.877. The fourth-order valence-electron chi connectivity index (χ4n) is 2.47. The number of aromatic amines is 1. The molecule has 0 saturated heterocycles. The van der Waals surface area contributed by atoms with Crippen LogP contribution in [0.1, 0.15) is 11.3 Å². The first-order valence-electron chi connectivity index (χ1n) is 6.40. The van der Waals surface area contributed by atoms with Crippen molar-refractivity contribution >= 4 is 15.7 Å². The largest absolute Gasteiger partial charge is 0.365 e. The van der Waals surface area contributed by atoms with Gasteiger partial charge in [0.15, 0.2) is 0 Å². The molecule has 0 unspecified atom stereocenters. The maximum absolute atomic E-state index is 11.8. The van der Waals surface area contributed by atoms with E-state index in [0.29, 0.717) is 4.90 Å². The third kappa shape index (κ3) is 2.30. The van der Waals surface area contributed by atoms with Gasteiger partial charge in [0, 0.05) is 18.4 Å². The highest BCUT2D eigenvalue weighted by Crippen LogP contribution is 2.30. The predicted molar refractivity (Wildman–Crippen MR) is 76.0 cm³/mol. The molecule has 1 aromatic heterocycles. The summed E-state index contributed by atoms with van der Waals surface area (Å²) >= 11 is 0. The van der Waals surface area contributed by atoms with E-state index in [1.54, 1.807) is 18.3 Å². The number of rotatable bonds is 4. The van der Waals surface area contributed by atoms with Gasteiger partial charge in [0.25, 0.3) is 0 Å². The topological polar surface area (TPSA) is 78.1 Å². The van der Waals surface area contributed by atoms with E-state index in [2.05, 4.69) is 19.8 Å². The minimum atomic E-state index is -3.37. The van der Waals surface area contributed by atoms with Crippen LogP contribution in [0.4, 0.5) is 5.69 Å². The Morgan fingerprint density at radius 1 is 1.40 bits per heavy atom. The lowest BCUT2D eigenvalue weighted by Crippen LogP contribution is -2.20. The molecule has 0 amide bonds. The number of nitrogens with zero attached hydrogens (tertiary/aromatic N) is 2. The Bertz CT molecular complexity index is 710. The molecule has 0 radical (unpaired) electrons. The number of nitrogens with one attached hydrogen (secondary N) is 2. The van der Waals surface area contributed by atoms with Crippen LogP contribution in [0.15, 0.2) is 35.4 Å². The zero-order valence-corrected chi connectivity index (χ0v) is 11.9. The number of fused-ring (bicyclic) bond motifs is 1. The maximum atomic E-state index is 11.8. The molecule has 0 aliphatic carbocycles. The Hall–Kier alpha value is -1.86. The molecule has 106 valence electrons. The summed E-state index contributed by atoms with van der Waals surface area (Å²) in [5, 5.41) is 6.88. The minimum absolute atomic E-state index is 0.321. The zero-order valence-electron chi connectivity index (χ0n) is 11.1. The fourth-order valence-corrected chi connectivity index (χ4v) is 3.25. The van der Waals surface area contributed by atoms with Crippen LogP contribution in [0.5, 0.6) is 0 Å². The average molecular weight is 292 g/mol. The number of H-pyrrole nitrogens is 1. The standard InChI is InChI=1S/C13H16N4O2S/c1-14-20(18,19)12-2-3-13-10(8-12)5-7-17(13)9-11-4-6-15-16-11/h2-4,6,8,14H,5,7,9H2,1H3,(H,15,16). The lowest BCUT2D eigenvalue weighted by molar-refractivity contribution is 0.588. The normalized spacial score (nSPS) is 14.6. The Balaban J connectivity index is 1.88. The highest BCUT2D eigenvalue weighted by atomic mass is 32.2. The molecule has 0 atom stereocenters. The molecule has 2 heterocycles. The molecule has 0 spiro atoms. The van der Waals surface area contributed by atoms with E-state index < -0.39 is 10.0 Å². The first kappa shape index (κ1) is 13.1. The van der Waals surface area contributed by atoms with Crippen molar-refractivity contribution in [2.45, 2.75) is 17.9 Å². The summed E-state index contributed by atoms with van der Waals surface area (Å²) in [6, 6.07) is 7.23. The number of aromatic nitrogens is 2. The summed E-state index contributed by atoms with van der Waals surface area (Å²) in [7, 11) is -1.95. The maximum Gasteiger partial charge on any atom is 0.240 e. The van der Waals surface area contributed by atoms with Crippen LogP contribution in [0.25, 0.3) is 0 Å². The fraction of sp³-hybridized carbons (Fsp3) is 0.308. The van der Waals surface area contributed by atoms with Crippen LogP contribution >= 0.6 is 0 Å². The Kier molecular flexibility index (Phi) is 3.23. The van der Waals surface area contributed by atoms with Crippen LogP contribution in [-0.4, -0.2) is 32.2 Å². The first-order valence-corrected chi connectivity index (χ1v) is 7.88. The Morgan fingerprint density at radius 3 is 2.95 bits per heavy atom. The average Bonchev–Trinajstić information content (AvgIpc) is 3.09. The number of sulfonamides is 1. The molecule has 3 rings (SSSR count). The molecule has 2 N–H and O–H groups in total. The second kappa shape index (κ2) is 4.92. The Morgan fingerprint density at radius 2 is 2.25 bits per heavy atom. The van der Waals surface area contributed by atoms with Gasteiger partial charge in [-0.2, -0.15) is 5.10 Å². The number of hydrogen-bond donors (Lipinski definition) is 2. The highest BCUT2D eigenvalue weighted by Gasteiger charge is 2.22. The van der Waals surface area contributed by atoms with Gasteiger partial charge < -0.3 is 4.90 Å². The van der Waals surface area contributed by atoms with Gasteiger partial charge in [-0.25, -0.2) is 13.1 Å². The molecule has 1 aliphatic heterocycles. The van der Waals surface area contributed by atoms with E-state index in [1.165, 1.54) is 7.05 Å². The van der Waals surface area contributed by atoms with Crippen molar-refractivity contribution in [2.24, 2.45) is 0 Å². The summed E-state index contributed by atoms with van der Waals surface area (Å²) in [6.07, 6.45) is 2.59. The van der Waals surface area contributed by atoms with Crippen molar-refractivity contribution in [2.75, 3.05) is 18.5 Å². The van der Waals surface area contributed by atoms with E-state index in [9.17, 15) is 8.42 Å². The number of benzene rings is 1. The lowest BCUT2D eigenvalue weighted by Gasteiger charge is -2.18. The van der Waals surface area contributed by atoms with Gasteiger partial charge >= 0.3 is 0 Å². The minimum Gasteiger partial charge on any atom is -0.365 e. The van der Waals surface area contributed by atoms with Crippen LogP contribution in [0.2, 0.25) is 0 Å². The number of anilines is 1. The van der Waals surface area contributed by atoms with Crippen molar-refractivity contribution in [3.05, 3.63) is 41.7 Å². The molecule has 2 aromatic rings. The second-order valence-electron chi connectivity index (χ2n) is 4.75. The van der Waals surface area contributed by atoms with Gasteiger partial charge in [0.2, 0.25) is 10.0 Å². The molecule has 0 saturated carbocycles. The van der Waals surface area contributed by atoms with Crippen LogP contribution in [0.3, 0.4) is 0 Å². The molecule has 7 heteroatoms. The van der Waals surface area contributed by atoms with Gasteiger partial charge in [0.1, 0.15) is 0 Å². The summed E-state index contributed by atoms with van der Waals surface area (Å²) in [6.45, 7) is 1.64. The van der Waals surface area contributed by atoms with Crippen LogP contribution < -0.4 is 9.62 Å². The third-order valence-electron chi connectivity index (χ3n) is 3.54. The molecule has 6 nitrogen and oxygen atoms in total. The summed E-state index contributed by atoms with van der Waals surface area (Å²) in [4.78, 5) is 2.54.